The van der Waals surface area contributed by atoms with Gasteiger partial charge in [0.2, 0.25) is 0 Å². The third kappa shape index (κ3) is 6.10. The summed E-state index contributed by atoms with van der Waals surface area (Å²) in [6, 6.07) is 18.3. The first-order chi connectivity index (χ1) is 15.9. The quantitative estimate of drug-likeness (QED) is 0.272. The molecule has 1 atom stereocenters. The fourth-order valence-electron chi connectivity index (χ4n) is 3.28. The second-order valence-corrected chi connectivity index (χ2v) is 10.3. The molecule has 7 nitrogen and oxygen atoms in total. The zero-order valence-electron chi connectivity index (χ0n) is 18.5. The summed E-state index contributed by atoms with van der Waals surface area (Å²) in [5.74, 6) is -0.303. The number of rotatable bonds is 10. The molecule has 3 N–H and O–H groups in total. The number of nitrogens with zero attached hydrogens (tertiary/aromatic N) is 1. The van der Waals surface area contributed by atoms with Gasteiger partial charge in [0.25, 0.3) is 5.91 Å². The zero-order chi connectivity index (χ0) is 23.8. The van der Waals surface area contributed by atoms with Crippen molar-refractivity contribution >= 4 is 36.2 Å². The van der Waals surface area contributed by atoms with Gasteiger partial charge in [0.15, 0.2) is 5.66 Å². The highest BCUT2D eigenvalue weighted by Gasteiger charge is 2.35. The van der Waals surface area contributed by atoms with Gasteiger partial charge in [-0.3, -0.25) is 9.36 Å². The maximum absolute atomic E-state index is 12.9. The van der Waals surface area contributed by atoms with Crippen LogP contribution < -0.4 is 11.1 Å². The molecule has 9 heteroatoms. The molecule has 172 valence electrons. The number of carbonyl (C=O) groups is 1. The van der Waals surface area contributed by atoms with E-state index in [1.165, 1.54) is 0 Å². The SMILES string of the molecule is CCOP(=O)(OCC)C(C#N)Cc1ccc(C(=O)Nc2cc(-c3cccs3)ccc2N)cc1. The van der Waals surface area contributed by atoms with E-state index in [0.717, 1.165) is 16.0 Å². The Morgan fingerprint density at radius 1 is 1.15 bits per heavy atom. The number of thiophene rings is 1. The van der Waals surface area contributed by atoms with Crippen molar-refractivity contribution in [1.29, 1.82) is 5.26 Å². The number of amides is 1. The summed E-state index contributed by atoms with van der Waals surface area (Å²) in [5.41, 5.74) is 8.29. The Labute approximate surface area is 197 Å². The number of hydrogen-bond donors (Lipinski definition) is 2. The number of nitriles is 1. The van der Waals surface area contributed by atoms with Gasteiger partial charge in [-0.1, -0.05) is 24.3 Å². The average Bonchev–Trinajstić information content (AvgIpc) is 3.34. The fourth-order valence-corrected chi connectivity index (χ4v) is 5.73. The Balaban J connectivity index is 1.72. The summed E-state index contributed by atoms with van der Waals surface area (Å²) >= 11 is 1.61. The summed E-state index contributed by atoms with van der Waals surface area (Å²) in [6.45, 7) is 3.78. The highest BCUT2D eigenvalue weighted by Crippen LogP contribution is 2.53. The molecule has 3 rings (SSSR count). The van der Waals surface area contributed by atoms with E-state index in [2.05, 4.69) is 5.32 Å². The van der Waals surface area contributed by atoms with Crippen molar-refractivity contribution in [2.45, 2.75) is 25.9 Å². The van der Waals surface area contributed by atoms with Crippen LogP contribution in [0.3, 0.4) is 0 Å². The summed E-state index contributed by atoms with van der Waals surface area (Å²) < 4.78 is 23.5. The van der Waals surface area contributed by atoms with Crippen molar-refractivity contribution in [3.05, 3.63) is 71.1 Å². The molecule has 0 aliphatic carbocycles. The molecule has 0 fully saturated rings. The highest BCUT2D eigenvalue weighted by molar-refractivity contribution is 7.55. The van der Waals surface area contributed by atoms with E-state index in [1.807, 2.05) is 35.7 Å². The average molecular weight is 484 g/mol. The molecule has 0 radical (unpaired) electrons. The van der Waals surface area contributed by atoms with E-state index in [0.29, 0.717) is 16.9 Å². The predicted molar refractivity (Wildman–Crippen MR) is 133 cm³/mol. The minimum atomic E-state index is -3.56. The van der Waals surface area contributed by atoms with Crippen molar-refractivity contribution in [3.63, 3.8) is 0 Å². The molecule has 0 saturated carbocycles. The van der Waals surface area contributed by atoms with Crippen molar-refractivity contribution in [1.82, 2.24) is 0 Å². The molecular weight excluding hydrogens is 457 g/mol. The van der Waals surface area contributed by atoms with Crippen LogP contribution in [0.4, 0.5) is 11.4 Å². The van der Waals surface area contributed by atoms with Crippen molar-refractivity contribution in [2.24, 2.45) is 0 Å². The molecular formula is C24H26N3O4PS. The van der Waals surface area contributed by atoms with E-state index in [9.17, 15) is 14.6 Å². The van der Waals surface area contributed by atoms with Crippen LogP contribution in [0.15, 0.2) is 60.0 Å². The number of benzene rings is 2. The lowest BCUT2D eigenvalue weighted by Gasteiger charge is -2.21. The highest BCUT2D eigenvalue weighted by atomic mass is 32.1. The van der Waals surface area contributed by atoms with E-state index in [4.69, 9.17) is 14.8 Å². The molecule has 1 aromatic heterocycles. The molecule has 1 heterocycles. The molecule has 0 aliphatic heterocycles. The molecule has 1 amide bonds. The van der Waals surface area contributed by atoms with Crippen molar-refractivity contribution in [3.8, 4) is 16.5 Å². The molecule has 3 aromatic rings. The molecule has 33 heavy (non-hydrogen) atoms. The topological polar surface area (TPSA) is 114 Å². The Bertz CT molecular complexity index is 1160. The van der Waals surface area contributed by atoms with Crippen LogP contribution in [0.2, 0.25) is 0 Å². The molecule has 1 unspecified atom stereocenters. The van der Waals surface area contributed by atoms with Crippen LogP contribution in [-0.2, 0) is 20.0 Å². The van der Waals surface area contributed by atoms with Crippen LogP contribution in [0.5, 0.6) is 0 Å². The van der Waals surface area contributed by atoms with Crippen molar-refractivity contribution in [2.75, 3.05) is 24.3 Å². The van der Waals surface area contributed by atoms with Crippen LogP contribution in [-0.4, -0.2) is 24.8 Å². The van der Waals surface area contributed by atoms with E-state index >= 15 is 0 Å². The minimum Gasteiger partial charge on any atom is -0.397 e. The van der Waals surface area contributed by atoms with Crippen LogP contribution >= 0.6 is 18.9 Å². The van der Waals surface area contributed by atoms with Gasteiger partial charge in [0, 0.05) is 10.4 Å². The summed E-state index contributed by atoms with van der Waals surface area (Å²) in [6.07, 6.45) is 0.186. The maximum atomic E-state index is 12.9. The summed E-state index contributed by atoms with van der Waals surface area (Å²) in [7, 11) is -3.56. The zero-order valence-corrected chi connectivity index (χ0v) is 20.2. The Kier molecular flexibility index (Phi) is 8.43. The third-order valence-electron chi connectivity index (χ3n) is 4.90. The summed E-state index contributed by atoms with van der Waals surface area (Å²) in [5, 5.41) is 14.4. The number of nitrogens with two attached hydrogens (primary N) is 1. The van der Waals surface area contributed by atoms with Gasteiger partial charge in [0.1, 0.15) is 0 Å². The standard InChI is InChI=1S/C24H26N3O4PS/c1-3-30-32(29,31-4-2)20(16-25)14-17-7-9-18(10-8-17)24(28)27-22-15-19(11-12-21(22)26)23-6-5-13-33-23/h5-13,15,20H,3-4,14,26H2,1-2H3,(H,27,28). The van der Waals surface area contributed by atoms with Gasteiger partial charge in [0.05, 0.1) is 30.7 Å². The first-order valence-corrected chi connectivity index (χ1v) is 13.0. The number of hydrogen-bond acceptors (Lipinski definition) is 7. The Morgan fingerprint density at radius 3 is 2.42 bits per heavy atom. The third-order valence-corrected chi connectivity index (χ3v) is 8.12. The van der Waals surface area contributed by atoms with Crippen LogP contribution in [0.25, 0.3) is 10.4 Å². The normalized spacial score (nSPS) is 12.2. The van der Waals surface area contributed by atoms with Crippen molar-refractivity contribution < 1.29 is 18.4 Å². The van der Waals surface area contributed by atoms with E-state index in [-0.39, 0.29) is 25.5 Å². The lowest BCUT2D eigenvalue weighted by atomic mass is 10.1. The lowest BCUT2D eigenvalue weighted by molar-refractivity contribution is 0.102. The number of nitrogen functional groups attached to an aromatic ring is 1. The van der Waals surface area contributed by atoms with Gasteiger partial charge < -0.3 is 20.1 Å². The Hall–Kier alpha value is -2.95. The minimum absolute atomic E-state index is 0.186. The van der Waals surface area contributed by atoms with Gasteiger partial charge in [-0.2, -0.15) is 5.26 Å². The number of carbonyl (C=O) groups excluding carboxylic acids is 1. The molecule has 0 spiro atoms. The largest absolute Gasteiger partial charge is 0.397 e. The maximum Gasteiger partial charge on any atom is 0.348 e. The first-order valence-electron chi connectivity index (χ1n) is 10.5. The predicted octanol–water partition coefficient (Wildman–Crippen LogP) is 5.95. The monoisotopic (exact) mass is 483 g/mol. The molecule has 0 bridgehead atoms. The van der Waals surface area contributed by atoms with Gasteiger partial charge in [-0.05, 0) is 67.1 Å². The second-order valence-electron chi connectivity index (χ2n) is 7.15. The second kappa shape index (κ2) is 11.3. The van der Waals surface area contributed by atoms with Gasteiger partial charge in [-0.25, -0.2) is 0 Å². The van der Waals surface area contributed by atoms with E-state index < -0.39 is 13.3 Å². The molecule has 0 aliphatic rings. The Morgan fingerprint density at radius 2 is 1.85 bits per heavy atom. The van der Waals surface area contributed by atoms with Crippen LogP contribution in [0.1, 0.15) is 29.8 Å². The summed E-state index contributed by atoms with van der Waals surface area (Å²) in [4.78, 5) is 13.9. The van der Waals surface area contributed by atoms with E-state index in [1.54, 1.807) is 55.5 Å². The van der Waals surface area contributed by atoms with Gasteiger partial charge >= 0.3 is 7.60 Å². The number of anilines is 2. The molecule has 2 aromatic carbocycles. The molecule has 0 saturated heterocycles. The number of nitrogens with one attached hydrogen (secondary N) is 1. The van der Waals surface area contributed by atoms with Crippen LogP contribution in [0, 0.1) is 11.3 Å². The van der Waals surface area contributed by atoms with Gasteiger partial charge in [-0.15, -0.1) is 11.3 Å². The smallest absolute Gasteiger partial charge is 0.348 e. The fraction of sp³-hybridized carbons (Fsp3) is 0.250. The lowest BCUT2D eigenvalue weighted by Crippen LogP contribution is -2.15. The first kappa shape index (κ1) is 24.7.